The van der Waals surface area contributed by atoms with Gasteiger partial charge in [-0.15, -0.1) is 0 Å². The van der Waals surface area contributed by atoms with Crippen molar-refractivity contribution in [1.82, 2.24) is 0 Å². The van der Waals surface area contributed by atoms with Gasteiger partial charge in [0, 0.05) is 18.7 Å². The second-order valence-corrected chi connectivity index (χ2v) is 6.06. The molecule has 3 heteroatoms. The SMILES string of the molecule is CC(=O)C(C)Cc1ccc2c(c1)C(C)(C)C(=O)N2C. The summed E-state index contributed by atoms with van der Waals surface area (Å²) in [7, 11) is 1.81. The minimum Gasteiger partial charge on any atom is -0.314 e. The molecule has 1 aromatic rings. The third-order valence-electron chi connectivity index (χ3n) is 4.17. The lowest BCUT2D eigenvalue weighted by molar-refractivity contribution is -0.122. The number of amides is 1. The highest BCUT2D eigenvalue weighted by atomic mass is 16.2. The van der Waals surface area contributed by atoms with Gasteiger partial charge in [-0.25, -0.2) is 0 Å². The van der Waals surface area contributed by atoms with Gasteiger partial charge in [-0.3, -0.25) is 9.59 Å². The van der Waals surface area contributed by atoms with Crippen LogP contribution >= 0.6 is 0 Å². The van der Waals surface area contributed by atoms with E-state index in [1.807, 2.05) is 40.0 Å². The summed E-state index contributed by atoms with van der Waals surface area (Å²) in [5.41, 5.74) is 2.69. The molecule has 0 radical (unpaired) electrons. The van der Waals surface area contributed by atoms with Gasteiger partial charge in [-0.05, 0) is 44.4 Å². The van der Waals surface area contributed by atoms with Crippen molar-refractivity contribution in [3.63, 3.8) is 0 Å². The van der Waals surface area contributed by atoms with Crippen molar-refractivity contribution in [3.8, 4) is 0 Å². The molecule has 1 heterocycles. The number of carbonyl (C=O) groups is 2. The summed E-state index contributed by atoms with van der Waals surface area (Å²) < 4.78 is 0. The van der Waals surface area contributed by atoms with E-state index in [9.17, 15) is 9.59 Å². The van der Waals surface area contributed by atoms with Crippen LogP contribution in [0.2, 0.25) is 0 Å². The number of ketones is 1. The number of benzene rings is 1. The van der Waals surface area contributed by atoms with Crippen LogP contribution in [-0.4, -0.2) is 18.7 Å². The number of likely N-dealkylation sites (N-methyl/N-ethyl adjacent to an activating group) is 1. The van der Waals surface area contributed by atoms with E-state index in [-0.39, 0.29) is 17.6 Å². The molecule has 2 rings (SSSR count). The zero-order valence-corrected chi connectivity index (χ0v) is 12.3. The maximum atomic E-state index is 12.2. The molecule has 1 aliphatic rings. The predicted octanol–water partition coefficient (Wildman–Crippen LogP) is 2.71. The Hall–Kier alpha value is -1.64. The lowest BCUT2D eigenvalue weighted by Crippen LogP contribution is -2.33. The van der Waals surface area contributed by atoms with E-state index in [4.69, 9.17) is 0 Å². The van der Waals surface area contributed by atoms with Crippen LogP contribution in [-0.2, 0) is 21.4 Å². The number of anilines is 1. The van der Waals surface area contributed by atoms with Crippen LogP contribution in [0.25, 0.3) is 0 Å². The van der Waals surface area contributed by atoms with Gasteiger partial charge in [-0.1, -0.05) is 19.1 Å². The standard InChI is InChI=1S/C16H21NO2/c1-10(11(2)18)8-12-6-7-14-13(9-12)16(3,4)15(19)17(14)5/h6-7,9-10H,8H2,1-5H3. The summed E-state index contributed by atoms with van der Waals surface area (Å²) >= 11 is 0. The van der Waals surface area contributed by atoms with E-state index in [2.05, 4.69) is 6.07 Å². The molecule has 3 nitrogen and oxygen atoms in total. The first kappa shape index (κ1) is 13.8. The summed E-state index contributed by atoms with van der Waals surface area (Å²) in [6.07, 6.45) is 0.733. The average molecular weight is 259 g/mol. The van der Waals surface area contributed by atoms with Crippen molar-refractivity contribution >= 4 is 17.4 Å². The zero-order chi connectivity index (χ0) is 14.4. The Morgan fingerprint density at radius 3 is 2.58 bits per heavy atom. The Morgan fingerprint density at radius 2 is 2.00 bits per heavy atom. The van der Waals surface area contributed by atoms with E-state index < -0.39 is 5.41 Å². The third kappa shape index (κ3) is 2.18. The zero-order valence-electron chi connectivity index (χ0n) is 12.3. The Bertz CT molecular complexity index is 546. The van der Waals surface area contributed by atoms with Gasteiger partial charge in [0.1, 0.15) is 5.78 Å². The maximum Gasteiger partial charge on any atom is 0.236 e. The molecule has 1 atom stereocenters. The molecule has 0 bridgehead atoms. The molecule has 0 N–H and O–H groups in total. The molecule has 19 heavy (non-hydrogen) atoms. The van der Waals surface area contributed by atoms with Crippen molar-refractivity contribution in [2.45, 2.75) is 39.5 Å². The Balaban J connectivity index is 2.38. The number of nitrogens with zero attached hydrogens (tertiary/aromatic N) is 1. The molecule has 1 unspecified atom stereocenters. The van der Waals surface area contributed by atoms with Gasteiger partial charge >= 0.3 is 0 Å². The van der Waals surface area contributed by atoms with E-state index >= 15 is 0 Å². The normalized spacial score (nSPS) is 18.4. The van der Waals surface area contributed by atoms with Gasteiger partial charge in [0.15, 0.2) is 0 Å². The lowest BCUT2D eigenvalue weighted by Gasteiger charge is -2.17. The molecule has 1 aliphatic heterocycles. The molecule has 0 aliphatic carbocycles. The van der Waals surface area contributed by atoms with Crippen LogP contribution in [0.5, 0.6) is 0 Å². The monoisotopic (exact) mass is 259 g/mol. The number of Topliss-reactive ketones (excluding diaryl/α,β-unsaturated/α-hetero) is 1. The van der Waals surface area contributed by atoms with E-state index in [0.717, 1.165) is 23.2 Å². The smallest absolute Gasteiger partial charge is 0.236 e. The molecule has 0 aromatic heterocycles. The van der Waals surface area contributed by atoms with Crippen LogP contribution in [0, 0.1) is 5.92 Å². The van der Waals surface area contributed by atoms with Gasteiger partial charge in [0.05, 0.1) is 5.41 Å². The first-order chi connectivity index (χ1) is 8.75. The molecular formula is C16H21NO2. The first-order valence-corrected chi connectivity index (χ1v) is 6.67. The number of hydrogen-bond acceptors (Lipinski definition) is 2. The highest BCUT2D eigenvalue weighted by Gasteiger charge is 2.42. The van der Waals surface area contributed by atoms with Crippen LogP contribution in [0.1, 0.15) is 38.8 Å². The fourth-order valence-corrected chi connectivity index (χ4v) is 2.64. The summed E-state index contributed by atoms with van der Waals surface area (Å²) in [4.78, 5) is 25.3. The van der Waals surface area contributed by atoms with Gasteiger partial charge in [0.25, 0.3) is 0 Å². The molecule has 0 fully saturated rings. The fourth-order valence-electron chi connectivity index (χ4n) is 2.64. The van der Waals surface area contributed by atoms with Crippen LogP contribution in [0.3, 0.4) is 0 Å². The highest BCUT2D eigenvalue weighted by Crippen LogP contribution is 2.41. The minimum atomic E-state index is -0.473. The molecule has 0 spiro atoms. The first-order valence-electron chi connectivity index (χ1n) is 6.67. The van der Waals surface area contributed by atoms with Crippen molar-refractivity contribution in [2.75, 3.05) is 11.9 Å². The highest BCUT2D eigenvalue weighted by molar-refractivity contribution is 6.07. The summed E-state index contributed by atoms with van der Waals surface area (Å²) in [5, 5.41) is 0. The number of carbonyl (C=O) groups excluding carboxylic acids is 2. The van der Waals surface area contributed by atoms with Crippen LogP contribution in [0.4, 0.5) is 5.69 Å². The van der Waals surface area contributed by atoms with Crippen LogP contribution in [0.15, 0.2) is 18.2 Å². The average Bonchev–Trinajstić information content (AvgIpc) is 2.51. The van der Waals surface area contributed by atoms with Crippen molar-refractivity contribution < 1.29 is 9.59 Å². The predicted molar refractivity (Wildman–Crippen MR) is 76.4 cm³/mol. The minimum absolute atomic E-state index is 0.0241. The van der Waals surface area contributed by atoms with E-state index in [0.29, 0.717) is 0 Å². The Morgan fingerprint density at radius 1 is 1.37 bits per heavy atom. The number of rotatable bonds is 3. The summed E-state index contributed by atoms with van der Waals surface area (Å²) in [5.74, 6) is 0.350. The summed E-state index contributed by atoms with van der Waals surface area (Å²) in [6.45, 7) is 7.48. The van der Waals surface area contributed by atoms with Crippen molar-refractivity contribution in [3.05, 3.63) is 29.3 Å². The topological polar surface area (TPSA) is 37.4 Å². The largest absolute Gasteiger partial charge is 0.314 e. The maximum absolute atomic E-state index is 12.2. The fraction of sp³-hybridized carbons (Fsp3) is 0.500. The van der Waals surface area contributed by atoms with Gasteiger partial charge in [-0.2, -0.15) is 0 Å². The molecular weight excluding hydrogens is 238 g/mol. The second kappa shape index (κ2) is 4.48. The second-order valence-electron chi connectivity index (χ2n) is 6.06. The van der Waals surface area contributed by atoms with Crippen LogP contribution < -0.4 is 4.90 Å². The molecule has 0 saturated carbocycles. The quantitative estimate of drug-likeness (QED) is 0.837. The lowest BCUT2D eigenvalue weighted by atomic mass is 9.84. The molecule has 102 valence electrons. The number of fused-ring (bicyclic) bond motifs is 1. The van der Waals surface area contributed by atoms with Crippen molar-refractivity contribution in [2.24, 2.45) is 5.92 Å². The number of hydrogen-bond donors (Lipinski definition) is 0. The molecule has 1 amide bonds. The Kier molecular flexibility index (Phi) is 3.25. The van der Waals surface area contributed by atoms with Gasteiger partial charge in [0.2, 0.25) is 5.91 Å². The summed E-state index contributed by atoms with van der Waals surface area (Å²) in [6, 6.07) is 6.09. The molecule has 0 saturated heterocycles. The molecule has 1 aromatic carbocycles. The van der Waals surface area contributed by atoms with E-state index in [1.165, 1.54) is 0 Å². The van der Waals surface area contributed by atoms with Gasteiger partial charge < -0.3 is 4.90 Å². The van der Waals surface area contributed by atoms with E-state index in [1.54, 1.807) is 11.8 Å². The third-order valence-corrected chi connectivity index (χ3v) is 4.17. The van der Waals surface area contributed by atoms with Crippen molar-refractivity contribution in [1.29, 1.82) is 0 Å². The Labute approximate surface area is 114 Å².